The predicted molar refractivity (Wildman–Crippen MR) is 115 cm³/mol. The number of amides is 1. The fourth-order valence-corrected chi connectivity index (χ4v) is 4.17. The Morgan fingerprint density at radius 3 is 2.30 bits per heavy atom. The van der Waals surface area contributed by atoms with Crippen LogP contribution in [0, 0.1) is 0 Å². The molecule has 3 aromatic rings. The van der Waals surface area contributed by atoms with Crippen molar-refractivity contribution in [2.75, 3.05) is 0 Å². The zero-order valence-corrected chi connectivity index (χ0v) is 18.3. The Balaban J connectivity index is 2.05. The lowest BCUT2D eigenvalue weighted by molar-refractivity contribution is -0.137. The summed E-state index contributed by atoms with van der Waals surface area (Å²) >= 11 is 5.86. The van der Waals surface area contributed by atoms with Gasteiger partial charge >= 0.3 is 6.18 Å². The van der Waals surface area contributed by atoms with Gasteiger partial charge in [0.15, 0.2) is 0 Å². The van der Waals surface area contributed by atoms with E-state index in [0.29, 0.717) is 22.7 Å². The van der Waals surface area contributed by atoms with Crippen molar-refractivity contribution in [3.05, 3.63) is 88.4 Å². The second-order valence-corrected chi connectivity index (χ2v) is 8.73. The summed E-state index contributed by atoms with van der Waals surface area (Å²) in [5.74, 6) is -0.709. The third-order valence-corrected chi connectivity index (χ3v) is 5.74. The van der Waals surface area contributed by atoms with Crippen LogP contribution in [-0.2, 0) is 34.1 Å². The van der Waals surface area contributed by atoms with Gasteiger partial charge in [-0.05, 0) is 35.4 Å². The van der Waals surface area contributed by atoms with Crippen LogP contribution in [0.3, 0.4) is 0 Å². The van der Waals surface area contributed by atoms with Crippen molar-refractivity contribution in [3.63, 3.8) is 0 Å². The summed E-state index contributed by atoms with van der Waals surface area (Å²) in [6.07, 6.45) is -4.99. The van der Waals surface area contributed by atoms with Gasteiger partial charge in [-0.1, -0.05) is 54.1 Å². The van der Waals surface area contributed by atoms with Crippen LogP contribution >= 0.6 is 11.6 Å². The SMILES string of the molecule is O=C(Cc1cccc(Cl)c1)N=NCc1c(S(=O)(=O)O)ccc(C(F)(F)F)c1-c1ccccc1. The molecule has 0 fully saturated rings. The number of benzene rings is 3. The summed E-state index contributed by atoms with van der Waals surface area (Å²) < 4.78 is 74.6. The maximum Gasteiger partial charge on any atom is 0.417 e. The van der Waals surface area contributed by atoms with E-state index >= 15 is 0 Å². The van der Waals surface area contributed by atoms with Gasteiger partial charge in [-0.2, -0.15) is 26.7 Å². The third-order valence-electron chi connectivity index (χ3n) is 4.57. The molecule has 33 heavy (non-hydrogen) atoms. The van der Waals surface area contributed by atoms with Gasteiger partial charge in [-0.15, -0.1) is 5.11 Å². The van der Waals surface area contributed by atoms with E-state index in [1.54, 1.807) is 30.3 Å². The van der Waals surface area contributed by atoms with E-state index < -0.39 is 50.3 Å². The van der Waals surface area contributed by atoms with Gasteiger partial charge < -0.3 is 0 Å². The van der Waals surface area contributed by atoms with Crippen LogP contribution in [0.2, 0.25) is 5.02 Å². The van der Waals surface area contributed by atoms with Gasteiger partial charge in [0.1, 0.15) is 0 Å². The quantitative estimate of drug-likeness (QED) is 0.334. The largest absolute Gasteiger partial charge is 0.417 e. The van der Waals surface area contributed by atoms with Crippen LogP contribution in [0.25, 0.3) is 11.1 Å². The highest BCUT2D eigenvalue weighted by molar-refractivity contribution is 7.85. The van der Waals surface area contributed by atoms with E-state index in [0.717, 1.165) is 0 Å². The van der Waals surface area contributed by atoms with Crippen molar-refractivity contribution < 1.29 is 30.9 Å². The first kappa shape index (κ1) is 24.6. The Labute approximate surface area is 192 Å². The second kappa shape index (κ2) is 9.82. The van der Waals surface area contributed by atoms with E-state index in [1.165, 1.54) is 24.3 Å². The van der Waals surface area contributed by atoms with Crippen molar-refractivity contribution in [2.24, 2.45) is 10.2 Å². The van der Waals surface area contributed by atoms with E-state index in [9.17, 15) is 30.9 Å². The molecule has 1 amide bonds. The van der Waals surface area contributed by atoms with Gasteiger partial charge in [0, 0.05) is 16.1 Å². The van der Waals surface area contributed by atoms with Crippen LogP contribution in [0.4, 0.5) is 13.2 Å². The van der Waals surface area contributed by atoms with Gasteiger partial charge in [0.2, 0.25) is 0 Å². The molecule has 0 aliphatic rings. The van der Waals surface area contributed by atoms with Gasteiger partial charge in [-0.3, -0.25) is 9.35 Å². The molecule has 0 aliphatic carbocycles. The Hall–Kier alpha value is -3.08. The summed E-state index contributed by atoms with van der Waals surface area (Å²) in [5.41, 5.74) is -1.41. The monoisotopic (exact) mass is 496 g/mol. The van der Waals surface area contributed by atoms with Gasteiger partial charge in [0.25, 0.3) is 16.0 Å². The number of halogens is 4. The molecule has 0 radical (unpaired) electrons. The molecule has 3 aromatic carbocycles. The molecule has 11 heteroatoms. The zero-order valence-electron chi connectivity index (χ0n) is 16.8. The number of carbonyl (C=O) groups excluding carboxylic acids is 1. The van der Waals surface area contributed by atoms with E-state index in [1.807, 2.05) is 0 Å². The number of rotatable bonds is 6. The Kier molecular flexibility index (Phi) is 7.31. The molecular formula is C22H16ClF3N2O4S. The molecule has 172 valence electrons. The molecule has 3 rings (SSSR count). The summed E-state index contributed by atoms with van der Waals surface area (Å²) in [6.45, 7) is -0.690. The normalized spacial score (nSPS) is 12.3. The topological polar surface area (TPSA) is 96.2 Å². The van der Waals surface area contributed by atoms with Crippen molar-refractivity contribution in [1.29, 1.82) is 0 Å². The highest BCUT2D eigenvalue weighted by Gasteiger charge is 2.36. The molecule has 0 saturated heterocycles. The number of hydrogen-bond acceptors (Lipinski definition) is 4. The fraction of sp³-hybridized carbons (Fsp3) is 0.136. The van der Waals surface area contributed by atoms with E-state index in [-0.39, 0.29) is 12.0 Å². The molecule has 0 atom stereocenters. The Morgan fingerprint density at radius 2 is 1.70 bits per heavy atom. The van der Waals surface area contributed by atoms with Gasteiger partial charge in [0.05, 0.1) is 23.4 Å². The summed E-state index contributed by atoms with van der Waals surface area (Å²) in [7, 11) is -4.90. The highest BCUT2D eigenvalue weighted by Crippen LogP contribution is 2.41. The van der Waals surface area contributed by atoms with Crippen molar-refractivity contribution in [3.8, 4) is 11.1 Å². The minimum absolute atomic E-state index is 0.0609. The van der Waals surface area contributed by atoms with Crippen LogP contribution in [0.15, 0.2) is 81.9 Å². The molecule has 0 heterocycles. The fourth-order valence-electron chi connectivity index (χ4n) is 3.24. The second-order valence-electron chi connectivity index (χ2n) is 6.90. The maximum atomic E-state index is 13.7. The number of hydrogen-bond donors (Lipinski definition) is 1. The van der Waals surface area contributed by atoms with Crippen LogP contribution < -0.4 is 0 Å². The number of carbonyl (C=O) groups is 1. The molecule has 0 aliphatic heterocycles. The Morgan fingerprint density at radius 1 is 1.00 bits per heavy atom. The van der Waals surface area contributed by atoms with Crippen LogP contribution in [-0.4, -0.2) is 18.9 Å². The molecule has 6 nitrogen and oxygen atoms in total. The zero-order chi connectivity index (χ0) is 24.2. The number of azo groups is 1. The van der Waals surface area contributed by atoms with Gasteiger partial charge in [-0.25, -0.2) is 0 Å². The van der Waals surface area contributed by atoms with E-state index in [2.05, 4.69) is 10.2 Å². The predicted octanol–water partition coefficient (Wildman–Crippen LogP) is 5.99. The minimum atomic E-state index is -4.90. The van der Waals surface area contributed by atoms with Crippen LogP contribution in [0.5, 0.6) is 0 Å². The summed E-state index contributed by atoms with van der Waals surface area (Å²) in [6, 6.07) is 14.9. The number of alkyl halides is 3. The molecule has 0 unspecified atom stereocenters. The highest BCUT2D eigenvalue weighted by atomic mass is 35.5. The molecule has 0 aromatic heterocycles. The first-order valence-corrected chi connectivity index (χ1v) is 11.2. The van der Waals surface area contributed by atoms with Crippen LogP contribution in [0.1, 0.15) is 16.7 Å². The molecular weight excluding hydrogens is 481 g/mol. The lowest BCUT2D eigenvalue weighted by atomic mass is 9.94. The van der Waals surface area contributed by atoms with Crippen molar-refractivity contribution >= 4 is 27.6 Å². The van der Waals surface area contributed by atoms with Crippen molar-refractivity contribution in [1.82, 2.24) is 0 Å². The molecule has 0 bridgehead atoms. The summed E-state index contributed by atoms with van der Waals surface area (Å²) in [5, 5.41) is 7.53. The third kappa shape index (κ3) is 6.25. The minimum Gasteiger partial charge on any atom is -0.282 e. The molecule has 0 spiro atoms. The average Bonchev–Trinajstić information content (AvgIpc) is 2.72. The smallest absolute Gasteiger partial charge is 0.282 e. The summed E-state index contributed by atoms with van der Waals surface area (Å²) in [4.78, 5) is 11.4. The number of nitrogens with zero attached hydrogens (tertiary/aromatic N) is 2. The standard InChI is InChI=1S/C22H16ClF3N2O4S/c23-16-8-4-5-14(11-16)12-20(29)28-27-13-17-19(33(30,31)32)10-9-18(22(24,25)26)21(17)15-6-2-1-3-7-15/h1-11H,12-13H2,(H,30,31,32). The molecule has 0 saturated carbocycles. The average molecular weight is 497 g/mol. The Bertz CT molecular complexity index is 1310. The first-order valence-electron chi connectivity index (χ1n) is 9.37. The molecule has 1 N–H and O–H groups in total. The lowest BCUT2D eigenvalue weighted by Gasteiger charge is -2.18. The first-order chi connectivity index (χ1) is 15.5. The maximum absolute atomic E-state index is 13.7. The van der Waals surface area contributed by atoms with Crippen molar-refractivity contribution in [2.45, 2.75) is 24.0 Å². The van der Waals surface area contributed by atoms with E-state index in [4.69, 9.17) is 11.6 Å². The lowest BCUT2D eigenvalue weighted by Crippen LogP contribution is -2.13.